The van der Waals surface area contributed by atoms with Crippen LogP contribution in [0.2, 0.25) is 0 Å². The summed E-state index contributed by atoms with van der Waals surface area (Å²) >= 11 is 0. The lowest BCUT2D eigenvalue weighted by Gasteiger charge is -2.11. The van der Waals surface area contributed by atoms with Gasteiger partial charge >= 0.3 is 0 Å². The summed E-state index contributed by atoms with van der Waals surface area (Å²) in [5, 5.41) is 2.24. The van der Waals surface area contributed by atoms with Crippen LogP contribution in [-0.4, -0.2) is 24.2 Å². The number of benzene rings is 3. The van der Waals surface area contributed by atoms with Crippen LogP contribution in [0.25, 0.3) is 46.1 Å². The molecule has 0 N–H and O–H groups in total. The molecule has 0 spiro atoms. The minimum absolute atomic E-state index is 0.754. The van der Waals surface area contributed by atoms with E-state index in [4.69, 9.17) is 19.4 Å². The van der Waals surface area contributed by atoms with Gasteiger partial charge in [-0.15, -0.1) is 0 Å². The first-order chi connectivity index (χ1) is 16.7. The zero-order valence-corrected chi connectivity index (χ0v) is 19.1. The van der Waals surface area contributed by atoms with E-state index in [1.165, 1.54) is 0 Å². The second-order valence-corrected chi connectivity index (χ2v) is 7.86. The molecule has 0 fully saturated rings. The molecule has 0 saturated heterocycles. The van der Waals surface area contributed by atoms with Crippen LogP contribution < -0.4 is 9.47 Å². The number of ether oxygens (including phenoxy) is 2. The summed E-state index contributed by atoms with van der Waals surface area (Å²) in [5.41, 5.74) is 5.52. The molecule has 4 heteroatoms. The van der Waals surface area contributed by atoms with Gasteiger partial charge in [-0.1, -0.05) is 48.5 Å². The third-order valence-electron chi connectivity index (χ3n) is 5.69. The highest BCUT2D eigenvalue weighted by Gasteiger charge is 2.08. The highest BCUT2D eigenvalue weighted by Crippen LogP contribution is 2.31. The fourth-order valence-corrected chi connectivity index (χ4v) is 3.90. The topological polar surface area (TPSA) is 44.2 Å². The molecular formula is C30H24N2O2. The largest absolute Gasteiger partial charge is 0.496 e. The molecule has 0 unspecified atom stereocenters. The Morgan fingerprint density at radius 2 is 0.971 bits per heavy atom. The Bertz CT molecular complexity index is 1420. The maximum Gasteiger partial charge on any atom is 0.126 e. The van der Waals surface area contributed by atoms with Crippen LogP contribution in [0.4, 0.5) is 0 Å². The minimum Gasteiger partial charge on any atom is -0.496 e. The molecule has 0 radical (unpaired) electrons. The number of aromatic nitrogens is 2. The van der Waals surface area contributed by atoms with Gasteiger partial charge in [0.15, 0.2) is 0 Å². The summed E-state index contributed by atoms with van der Waals surface area (Å²) in [6.45, 7) is 0. The lowest BCUT2D eigenvalue weighted by atomic mass is 10.1. The molecule has 0 atom stereocenters. The number of nitrogens with zero attached hydrogens (tertiary/aromatic N) is 2. The molecule has 3 aromatic carbocycles. The molecule has 5 aromatic rings. The van der Waals surface area contributed by atoms with Gasteiger partial charge in [0, 0.05) is 21.9 Å². The van der Waals surface area contributed by atoms with E-state index in [9.17, 15) is 0 Å². The van der Waals surface area contributed by atoms with Crippen molar-refractivity contribution in [2.24, 2.45) is 0 Å². The normalized spacial score (nSPS) is 11.6. The zero-order valence-electron chi connectivity index (χ0n) is 19.1. The van der Waals surface area contributed by atoms with Gasteiger partial charge in [-0.2, -0.15) is 0 Å². The van der Waals surface area contributed by atoms with Crippen molar-refractivity contribution in [3.63, 3.8) is 0 Å². The summed E-state index contributed by atoms with van der Waals surface area (Å²) in [4.78, 5) is 9.43. The number of hydrogen-bond acceptors (Lipinski definition) is 4. The van der Waals surface area contributed by atoms with E-state index in [1.54, 1.807) is 14.2 Å². The smallest absolute Gasteiger partial charge is 0.126 e. The fraction of sp³-hybridized carbons (Fsp3) is 0.0667. The van der Waals surface area contributed by atoms with Gasteiger partial charge in [0.1, 0.15) is 11.5 Å². The molecule has 0 aliphatic heterocycles. The number of methoxy groups -OCH3 is 2. The first kappa shape index (κ1) is 21.4. The van der Waals surface area contributed by atoms with E-state index >= 15 is 0 Å². The molecule has 0 aliphatic carbocycles. The maximum absolute atomic E-state index is 5.68. The molecule has 0 bridgehead atoms. The minimum atomic E-state index is 0.754. The Balaban J connectivity index is 1.45. The molecule has 0 aliphatic rings. The Labute approximate surface area is 198 Å². The standard InChI is InChI=1S/C30H24N2O2/c1-33-29-19-24(14-18-26-16-12-22-8-4-6-10-28(22)32-26)30(34-2)20-23(29)13-17-25-15-11-21-7-3-5-9-27(21)31-25/h3-20H,1-2H3. The van der Waals surface area contributed by atoms with Gasteiger partial charge in [-0.05, 0) is 60.7 Å². The highest BCUT2D eigenvalue weighted by atomic mass is 16.5. The SMILES string of the molecule is COc1cc(C=Cc2ccc3ccccc3n2)c(OC)cc1C=Cc1ccc2ccccc2n1. The zero-order chi connectivity index (χ0) is 23.3. The number of hydrogen-bond donors (Lipinski definition) is 0. The second kappa shape index (κ2) is 9.59. The van der Waals surface area contributed by atoms with Crippen molar-refractivity contribution in [3.8, 4) is 11.5 Å². The van der Waals surface area contributed by atoms with Gasteiger partial charge in [0.25, 0.3) is 0 Å². The van der Waals surface area contributed by atoms with Crippen LogP contribution >= 0.6 is 0 Å². The lowest BCUT2D eigenvalue weighted by Crippen LogP contribution is -1.93. The molecule has 166 valence electrons. The van der Waals surface area contributed by atoms with Gasteiger partial charge in [0.2, 0.25) is 0 Å². The molecule has 0 amide bonds. The Morgan fingerprint density at radius 1 is 0.529 bits per heavy atom. The van der Waals surface area contributed by atoms with E-state index in [2.05, 4.69) is 24.3 Å². The molecular weight excluding hydrogens is 420 g/mol. The number of rotatable bonds is 6. The van der Waals surface area contributed by atoms with Crippen molar-refractivity contribution in [3.05, 3.63) is 107 Å². The molecule has 2 heterocycles. The molecule has 5 rings (SSSR count). The summed E-state index contributed by atoms with van der Waals surface area (Å²) in [5.74, 6) is 1.51. The third-order valence-corrected chi connectivity index (χ3v) is 5.69. The second-order valence-electron chi connectivity index (χ2n) is 7.86. The van der Waals surface area contributed by atoms with Gasteiger partial charge in [-0.3, -0.25) is 0 Å². The first-order valence-corrected chi connectivity index (χ1v) is 11.1. The van der Waals surface area contributed by atoms with E-state index < -0.39 is 0 Å². The van der Waals surface area contributed by atoms with Crippen LogP contribution in [0.5, 0.6) is 11.5 Å². The highest BCUT2D eigenvalue weighted by molar-refractivity contribution is 5.83. The molecule has 2 aromatic heterocycles. The van der Waals surface area contributed by atoms with Crippen LogP contribution in [0, 0.1) is 0 Å². The van der Waals surface area contributed by atoms with Crippen molar-refractivity contribution >= 4 is 46.1 Å². The van der Waals surface area contributed by atoms with Crippen LogP contribution in [0.1, 0.15) is 22.5 Å². The van der Waals surface area contributed by atoms with Crippen LogP contribution in [0.15, 0.2) is 84.9 Å². The van der Waals surface area contributed by atoms with Crippen molar-refractivity contribution < 1.29 is 9.47 Å². The maximum atomic E-state index is 5.68. The monoisotopic (exact) mass is 444 g/mol. The van der Waals surface area contributed by atoms with E-state index in [0.29, 0.717) is 0 Å². The summed E-state index contributed by atoms with van der Waals surface area (Å²) in [7, 11) is 3.34. The van der Waals surface area contributed by atoms with Crippen LogP contribution in [0.3, 0.4) is 0 Å². The Morgan fingerprint density at radius 3 is 1.41 bits per heavy atom. The quantitative estimate of drug-likeness (QED) is 0.279. The van der Waals surface area contributed by atoms with Gasteiger partial charge < -0.3 is 9.47 Å². The van der Waals surface area contributed by atoms with E-state index in [1.807, 2.05) is 85.0 Å². The average Bonchev–Trinajstić information content (AvgIpc) is 2.90. The Hall–Kier alpha value is -4.44. The first-order valence-electron chi connectivity index (χ1n) is 11.1. The summed E-state index contributed by atoms with van der Waals surface area (Å²) < 4.78 is 11.4. The lowest BCUT2D eigenvalue weighted by molar-refractivity contribution is 0.401. The third kappa shape index (κ3) is 4.52. The van der Waals surface area contributed by atoms with Crippen molar-refractivity contribution in [1.29, 1.82) is 0 Å². The number of pyridine rings is 2. The molecule has 0 saturated carbocycles. The van der Waals surface area contributed by atoms with Gasteiger partial charge in [-0.25, -0.2) is 9.97 Å². The predicted molar refractivity (Wildman–Crippen MR) is 141 cm³/mol. The fourth-order valence-electron chi connectivity index (χ4n) is 3.90. The molecule has 4 nitrogen and oxygen atoms in total. The van der Waals surface area contributed by atoms with Crippen molar-refractivity contribution in [1.82, 2.24) is 9.97 Å². The van der Waals surface area contributed by atoms with Crippen molar-refractivity contribution in [2.45, 2.75) is 0 Å². The Kier molecular flexibility index (Phi) is 6.04. The van der Waals surface area contributed by atoms with Crippen molar-refractivity contribution in [2.75, 3.05) is 14.2 Å². The summed E-state index contributed by atoms with van der Waals surface area (Å²) in [6, 6.07) is 28.3. The van der Waals surface area contributed by atoms with E-state index in [-0.39, 0.29) is 0 Å². The summed E-state index contributed by atoms with van der Waals surface area (Å²) in [6.07, 6.45) is 7.96. The predicted octanol–water partition coefficient (Wildman–Crippen LogP) is 7.14. The number of fused-ring (bicyclic) bond motifs is 2. The number of para-hydroxylation sites is 2. The van der Waals surface area contributed by atoms with E-state index in [0.717, 1.165) is 55.8 Å². The van der Waals surface area contributed by atoms with Gasteiger partial charge in [0.05, 0.1) is 36.6 Å². The average molecular weight is 445 g/mol. The van der Waals surface area contributed by atoms with Crippen LogP contribution in [-0.2, 0) is 0 Å². The molecule has 34 heavy (non-hydrogen) atoms.